The van der Waals surface area contributed by atoms with Gasteiger partial charge in [0.15, 0.2) is 0 Å². The van der Waals surface area contributed by atoms with Crippen LogP contribution in [0.15, 0.2) is 30.3 Å². The van der Waals surface area contributed by atoms with Crippen molar-refractivity contribution in [2.75, 3.05) is 0 Å². The standard InChI is InChI=1S/C21H26N6O2/c1-13-6-8-18(9-7-13)11-27-17(5)20(16(4)25-27)21(29)23-22-19(28)12-26-15(3)10-14(2)24-26/h6-10H,11-12H2,1-5H3,(H,22,28)(H,23,29). The van der Waals surface area contributed by atoms with Gasteiger partial charge >= 0.3 is 0 Å². The Kier molecular flexibility index (Phi) is 5.81. The summed E-state index contributed by atoms with van der Waals surface area (Å²) in [4.78, 5) is 24.8. The fourth-order valence-corrected chi connectivity index (χ4v) is 3.25. The summed E-state index contributed by atoms with van der Waals surface area (Å²) in [6.07, 6.45) is 0. The monoisotopic (exact) mass is 394 g/mol. The van der Waals surface area contributed by atoms with E-state index in [0.717, 1.165) is 22.6 Å². The summed E-state index contributed by atoms with van der Waals surface area (Å²) in [6, 6.07) is 10.1. The van der Waals surface area contributed by atoms with Crippen molar-refractivity contribution in [3.63, 3.8) is 0 Å². The van der Waals surface area contributed by atoms with Crippen LogP contribution in [0, 0.1) is 34.6 Å². The number of hydrogen-bond donors (Lipinski definition) is 2. The second kappa shape index (κ2) is 8.30. The molecule has 2 N–H and O–H groups in total. The predicted molar refractivity (Wildman–Crippen MR) is 109 cm³/mol. The zero-order valence-electron chi connectivity index (χ0n) is 17.4. The van der Waals surface area contributed by atoms with Gasteiger partial charge in [0.05, 0.1) is 23.5 Å². The van der Waals surface area contributed by atoms with Gasteiger partial charge in [-0.1, -0.05) is 29.8 Å². The molecular weight excluding hydrogens is 368 g/mol. The van der Waals surface area contributed by atoms with Gasteiger partial charge in [-0.05, 0) is 46.2 Å². The molecule has 2 amide bonds. The van der Waals surface area contributed by atoms with Crippen molar-refractivity contribution < 1.29 is 9.59 Å². The molecule has 152 valence electrons. The van der Waals surface area contributed by atoms with Crippen LogP contribution in [0.5, 0.6) is 0 Å². The van der Waals surface area contributed by atoms with E-state index in [9.17, 15) is 9.59 Å². The molecule has 2 heterocycles. The van der Waals surface area contributed by atoms with Crippen LogP contribution >= 0.6 is 0 Å². The highest BCUT2D eigenvalue weighted by atomic mass is 16.2. The predicted octanol–water partition coefficient (Wildman–Crippen LogP) is 2.13. The molecule has 8 nitrogen and oxygen atoms in total. The molecule has 3 rings (SSSR count). The Labute approximate surface area is 169 Å². The molecule has 0 aliphatic carbocycles. The lowest BCUT2D eigenvalue weighted by atomic mass is 10.1. The molecule has 0 saturated carbocycles. The van der Waals surface area contributed by atoms with Gasteiger partial charge in [-0.15, -0.1) is 0 Å². The number of aromatic nitrogens is 4. The van der Waals surface area contributed by atoms with Crippen LogP contribution in [0.2, 0.25) is 0 Å². The van der Waals surface area contributed by atoms with Crippen molar-refractivity contribution in [1.82, 2.24) is 30.4 Å². The summed E-state index contributed by atoms with van der Waals surface area (Å²) in [7, 11) is 0. The van der Waals surface area contributed by atoms with E-state index in [1.165, 1.54) is 5.56 Å². The minimum atomic E-state index is -0.392. The van der Waals surface area contributed by atoms with Crippen LogP contribution in [0.4, 0.5) is 0 Å². The first-order valence-corrected chi connectivity index (χ1v) is 9.44. The minimum Gasteiger partial charge on any atom is -0.271 e. The Morgan fingerprint density at radius 2 is 1.62 bits per heavy atom. The number of aryl methyl sites for hydroxylation is 4. The molecule has 0 radical (unpaired) electrons. The largest absolute Gasteiger partial charge is 0.273 e. The Bertz CT molecular complexity index is 1050. The fourth-order valence-electron chi connectivity index (χ4n) is 3.25. The lowest BCUT2D eigenvalue weighted by Gasteiger charge is -2.09. The Morgan fingerprint density at radius 3 is 2.24 bits per heavy atom. The van der Waals surface area contributed by atoms with E-state index in [4.69, 9.17) is 0 Å². The van der Waals surface area contributed by atoms with Crippen LogP contribution in [-0.4, -0.2) is 31.4 Å². The number of nitrogens with zero attached hydrogens (tertiary/aromatic N) is 4. The van der Waals surface area contributed by atoms with Gasteiger partial charge in [0.2, 0.25) is 0 Å². The number of rotatable bonds is 5. The summed E-state index contributed by atoms with van der Waals surface area (Å²) in [5, 5.41) is 8.73. The average molecular weight is 394 g/mol. The molecule has 0 unspecified atom stereocenters. The van der Waals surface area contributed by atoms with Gasteiger partial charge in [-0.3, -0.25) is 29.8 Å². The lowest BCUT2D eigenvalue weighted by molar-refractivity contribution is -0.122. The van der Waals surface area contributed by atoms with Gasteiger partial charge in [-0.2, -0.15) is 10.2 Å². The molecule has 0 bridgehead atoms. The molecule has 0 aliphatic rings. The summed E-state index contributed by atoms with van der Waals surface area (Å²) in [5.74, 6) is -0.747. The Morgan fingerprint density at radius 1 is 0.931 bits per heavy atom. The van der Waals surface area contributed by atoms with Gasteiger partial charge in [-0.25, -0.2) is 0 Å². The highest BCUT2D eigenvalue weighted by molar-refractivity contribution is 5.97. The van der Waals surface area contributed by atoms with E-state index in [0.29, 0.717) is 17.8 Å². The van der Waals surface area contributed by atoms with E-state index in [1.807, 2.05) is 58.0 Å². The van der Waals surface area contributed by atoms with Crippen LogP contribution in [-0.2, 0) is 17.9 Å². The number of nitrogens with one attached hydrogen (secondary N) is 2. The normalized spacial score (nSPS) is 10.8. The highest BCUT2D eigenvalue weighted by Gasteiger charge is 2.19. The smallest absolute Gasteiger partial charge is 0.271 e. The van der Waals surface area contributed by atoms with E-state index < -0.39 is 5.91 Å². The molecule has 2 aromatic heterocycles. The Hall–Kier alpha value is -3.42. The van der Waals surface area contributed by atoms with Gasteiger partial charge < -0.3 is 0 Å². The second-order valence-electron chi connectivity index (χ2n) is 7.28. The topological polar surface area (TPSA) is 93.8 Å². The minimum absolute atomic E-state index is 0.0323. The SMILES string of the molecule is Cc1ccc(Cn2nc(C)c(C(=O)NNC(=O)Cn3nc(C)cc3C)c2C)cc1. The summed E-state index contributed by atoms with van der Waals surface area (Å²) < 4.78 is 3.39. The van der Waals surface area contributed by atoms with Crippen LogP contribution in [0.1, 0.15) is 44.3 Å². The molecular formula is C21H26N6O2. The summed E-state index contributed by atoms with van der Waals surface area (Å²) in [6.45, 7) is 10.0. The highest BCUT2D eigenvalue weighted by Crippen LogP contribution is 2.15. The first-order chi connectivity index (χ1) is 13.7. The molecule has 0 saturated heterocycles. The fraction of sp³-hybridized carbons (Fsp3) is 0.333. The maximum absolute atomic E-state index is 12.6. The van der Waals surface area contributed by atoms with Crippen LogP contribution in [0.3, 0.4) is 0 Å². The maximum Gasteiger partial charge on any atom is 0.273 e. The van der Waals surface area contributed by atoms with E-state index >= 15 is 0 Å². The third kappa shape index (κ3) is 4.71. The summed E-state index contributed by atoms with van der Waals surface area (Å²) in [5.41, 5.74) is 10.8. The molecule has 0 spiro atoms. The van der Waals surface area contributed by atoms with Gasteiger partial charge in [0, 0.05) is 11.4 Å². The molecule has 1 aromatic carbocycles. The Balaban J connectivity index is 1.64. The maximum atomic E-state index is 12.6. The van der Waals surface area contributed by atoms with Crippen molar-refractivity contribution in [3.05, 3.63) is 69.8 Å². The molecule has 3 aromatic rings. The van der Waals surface area contributed by atoms with Crippen molar-refractivity contribution in [3.8, 4) is 0 Å². The first kappa shape index (κ1) is 20.3. The second-order valence-corrected chi connectivity index (χ2v) is 7.28. The third-order valence-electron chi connectivity index (χ3n) is 4.77. The molecule has 0 fully saturated rings. The number of amides is 2. The summed E-state index contributed by atoms with van der Waals surface area (Å²) >= 11 is 0. The average Bonchev–Trinajstić information content (AvgIpc) is 3.12. The van der Waals surface area contributed by atoms with Crippen LogP contribution < -0.4 is 10.9 Å². The molecule has 29 heavy (non-hydrogen) atoms. The molecule has 0 atom stereocenters. The van der Waals surface area contributed by atoms with Crippen molar-refractivity contribution in [2.45, 2.75) is 47.7 Å². The number of carbonyl (C=O) groups is 2. The number of hydrogen-bond acceptors (Lipinski definition) is 4. The van der Waals surface area contributed by atoms with Gasteiger partial charge in [0.25, 0.3) is 11.8 Å². The molecule has 8 heteroatoms. The third-order valence-corrected chi connectivity index (χ3v) is 4.77. The lowest BCUT2D eigenvalue weighted by Crippen LogP contribution is -2.43. The van der Waals surface area contributed by atoms with E-state index in [2.05, 4.69) is 21.0 Å². The van der Waals surface area contributed by atoms with Gasteiger partial charge in [0.1, 0.15) is 6.54 Å². The number of carbonyl (C=O) groups excluding carboxylic acids is 2. The van der Waals surface area contributed by atoms with Crippen molar-refractivity contribution >= 4 is 11.8 Å². The van der Waals surface area contributed by atoms with E-state index in [-0.39, 0.29) is 12.5 Å². The van der Waals surface area contributed by atoms with Crippen LogP contribution in [0.25, 0.3) is 0 Å². The van der Waals surface area contributed by atoms with Crippen molar-refractivity contribution in [2.24, 2.45) is 0 Å². The quantitative estimate of drug-likeness (QED) is 0.648. The number of benzene rings is 1. The van der Waals surface area contributed by atoms with E-state index in [1.54, 1.807) is 16.3 Å². The number of hydrazine groups is 1. The molecule has 0 aliphatic heterocycles. The zero-order valence-corrected chi connectivity index (χ0v) is 17.4. The zero-order chi connectivity index (χ0) is 21.1. The first-order valence-electron chi connectivity index (χ1n) is 9.44. The van der Waals surface area contributed by atoms with Crippen molar-refractivity contribution in [1.29, 1.82) is 0 Å².